The Kier molecular flexibility index (Phi) is 7.26. The lowest BCUT2D eigenvalue weighted by Crippen LogP contribution is -2.50. The molecule has 2 aliphatic heterocycles. The molecule has 2 N–H and O–H groups in total. The number of fused-ring (bicyclic) bond motifs is 1. The third kappa shape index (κ3) is 4.86. The third-order valence-corrected chi connectivity index (χ3v) is 5.67. The van der Waals surface area contributed by atoms with Crippen LogP contribution in [0.4, 0.5) is 5.82 Å². The molecule has 1 fully saturated rings. The van der Waals surface area contributed by atoms with Crippen LogP contribution in [0.15, 0.2) is 18.2 Å². The van der Waals surface area contributed by atoms with Gasteiger partial charge in [0.1, 0.15) is 18.1 Å². The van der Waals surface area contributed by atoms with Gasteiger partial charge in [0, 0.05) is 24.2 Å². The van der Waals surface area contributed by atoms with Crippen LogP contribution in [-0.4, -0.2) is 70.6 Å². The van der Waals surface area contributed by atoms with Gasteiger partial charge in [-0.25, -0.2) is 0 Å². The summed E-state index contributed by atoms with van der Waals surface area (Å²) < 4.78 is 5.89. The number of nitrogens with zero attached hydrogens (tertiary/aromatic N) is 5. The SMILES string of the molecule is CCN1CCC[C@@H](N2CCOc3cc(-c4c(C)cc(C#N)cc4O)nnc32)C1.O=CO. The normalized spacial score (nSPS) is 18.1. The van der Waals surface area contributed by atoms with E-state index in [4.69, 9.17) is 19.9 Å². The lowest BCUT2D eigenvalue weighted by atomic mass is 10.0. The van der Waals surface area contributed by atoms with E-state index in [1.165, 1.54) is 12.5 Å². The number of aromatic hydroxyl groups is 1. The number of rotatable bonds is 3. The summed E-state index contributed by atoms with van der Waals surface area (Å²) in [7, 11) is 0. The average molecular weight is 425 g/mol. The minimum Gasteiger partial charge on any atom is -0.507 e. The number of nitriles is 1. The molecule has 0 radical (unpaired) electrons. The zero-order chi connectivity index (χ0) is 22.4. The average Bonchev–Trinajstić information content (AvgIpc) is 2.78. The van der Waals surface area contributed by atoms with E-state index in [1.54, 1.807) is 6.07 Å². The molecule has 1 aromatic carbocycles. The molecule has 2 aliphatic rings. The van der Waals surface area contributed by atoms with Gasteiger partial charge in [-0.3, -0.25) is 4.79 Å². The Hall–Kier alpha value is -3.38. The van der Waals surface area contributed by atoms with Crippen LogP contribution in [0.2, 0.25) is 0 Å². The van der Waals surface area contributed by atoms with Gasteiger partial charge in [-0.1, -0.05) is 6.92 Å². The second-order valence-electron chi connectivity index (χ2n) is 7.55. The van der Waals surface area contributed by atoms with Crippen molar-refractivity contribution in [3.63, 3.8) is 0 Å². The van der Waals surface area contributed by atoms with Crippen molar-refractivity contribution in [3.8, 4) is 28.8 Å². The van der Waals surface area contributed by atoms with Crippen LogP contribution in [0.3, 0.4) is 0 Å². The second kappa shape index (κ2) is 10.1. The number of aryl methyl sites for hydroxylation is 1. The summed E-state index contributed by atoms with van der Waals surface area (Å²) in [5.41, 5.74) is 2.35. The smallest absolute Gasteiger partial charge is 0.290 e. The Labute approximate surface area is 181 Å². The Morgan fingerprint density at radius 2 is 2.10 bits per heavy atom. The summed E-state index contributed by atoms with van der Waals surface area (Å²) >= 11 is 0. The molecule has 0 bridgehead atoms. The van der Waals surface area contributed by atoms with Gasteiger partial charge in [-0.05, 0) is 50.6 Å². The van der Waals surface area contributed by atoms with E-state index in [2.05, 4.69) is 33.0 Å². The topological polar surface area (TPSA) is 123 Å². The number of likely N-dealkylation sites (tertiary alicyclic amines) is 1. The van der Waals surface area contributed by atoms with Crippen LogP contribution >= 0.6 is 0 Å². The van der Waals surface area contributed by atoms with E-state index < -0.39 is 0 Å². The van der Waals surface area contributed by atoms with Gasteiger partial charge in [0.2, 0.25) is 0 Å². The fourth-order valence-corrected chi connectivity index (χ4v) is 4.25. The first-order valence-electron chi connectivity index (χ1n) is 10.3. The maximum absolute atomic E-state index is 10.4. The molecule has 0 amide bonds. The zero-order valence-electron chi connectivity index (χ0n) is 17.8. The number of piperidine rings is 1. The van der Waals surface area contributed by atoms with E-state index in [9.17, 15) is 5.11 Å². The van der Waals surface area contributed by atoms with E-state index in [0.29, 0.717) is 35.2 Å². The molecular weight excluding hydrogens is 398 g/mol. The zero-order valence-corrected chi connectivity index (χ0v) is 17.8. The molecule has 9 heteroatoms. The van der Waals surface area contributed by atoms with Crippen LogP contribution in [0.1, 0.15) is 30.9 Å². The molecule has 164 valence electrons. The molecule has 0 unspecified atom stereocenters. The first-order chi connectivity index (χ1) is 15.0. The Balaban J connectivity index is 0.000000858. The van der Waals surface area contributed by atoms with Crippen molar-refractivity contribution in [3.05, 3.63) is 29.3 Å². The number of carbonyl (C=O) groups is 1. The minimum absolute atomic E-state index is 0.0318. The summed E-state index contributed by atoms with van der Waals surface area (Å²) in [4.78, 5) is 13.2. The van der Waals surface area contributed by atoms with E-state index in [1.807, 2.05) is 13.0 Å². The van der Waals surface area contributed by atoms with Gasteiger partial charge < -0.3 is 24.7 Å². The van der Waals surface area contributed by atoms with Gasteiger partial charge in [-0.2, -0.15) is 5.26 Å². The van der Waals surface area contributed by atoms with Crippen LogP contribution in [0.5, 0.6) is 11.5 Å². The largest absolute Gasteiger partial charge is 0.507 e. The molecule has 0 saturated carbocycles. The number of hydrogen-bond acceptors (Lipinski definition) is 8. The quantitative estimate of drug-likeness (QED) is 0.714. The molecule has 1 aromatic heterocycles. The van der Waals surface area contributed by atoms with Crippen molar-refractivity contribution in [2.24, 2.45) is 0 Å². The monoisotopic (exact) mass is 425 g/mol. The molecule has 0 spiro atoms. The van der Waals surface area contributed by atoms with Crippen LogP contribution in [0, 0.1) is 18.3 Å². The number of carboxylic acid groups (broad SMARTS) is 1. The van der Waals surface area contributed by atoms with E-state index in [0.717, 1.165) is 44.0 Å². The lowest BCUT2D eigenvalue weighted by Gasteiger charge is -2.41. The summed E-state index contributed by atoms with van der Waals surface area (Å²) in [6.45, 7) is 8.49. The molecule has 9 nitrogen and oxygen atoms in total. The summed E-state index contributed by atoms with van der Waals surface area (Å²) in [5, 5.41) is 35.2. The Morgan fingerprint density at radius 1 is 1.32 bits per heavy atom. The number of likely N-dealkylation sites (N-methyl/N-ethyl adjacent to an activating group) is 1. The molecule has 1 saturated heterocycles. The number of aromatic nitrogens is 2. The Morgan fingerprint density at radius 3 is 2.77 bits per heavy atom. The summed E-state index contributed by atoms with van der Waals surface area (Å²) in [5.74, 6) is 1.51. The van der Waals surface area contributed by atoms with Crippen molar-refractivity contribution in [2.45, 2.75) is 32.7 Å². The van der Waals surface area contributed by atoms with Gasteiger partial charge in [0.15, 0.2) is 11.6 Å². The molecule has 31 heavy (non-hydrogen) atoms. The third-order valence-electron chi connectivity index (χ3n) is 5.67. The highest BCUT2D eigenvalue weighted by Gasteiger charge is 2.31. The van der Waals surface area contributed by atoms with Crippen molar-refractivity contribution in [1.82, 2.24) is 15.1 Å². The second-order valence-corrected chi connectivity index (χ2v) is 7.55. The first-order valence-corrected chi connectivity index (χ1v) is 10.3. The van der Waals surface area contributed by atoms with Crippen molar-refractivity contribution in [2.75, 3.05) is 37.7 Å². The van der Waals surface area contributed by atoms with Crippen LogP contribution in [0.25, 0.3) is 11.3 Å². The van der Waals surface area contributed by atoms with Gasteiger partial charge in [0.25, 0.3) is 6.47 Å². The maximum atomic E-state index is 10.4. The van der Waals surface area contributed by atoms with Crippen LogP contribution < -0.4 is 9.64 Å². The molecule has 4 rings (SSSR count). The van der Waals surface area contributed by atoms with Crippen molar-refractivity contribution < 1.29 is 19.7 Å². The van der Waals surface area contributed by atoms with Gasteiger partial charge in [-0.15, -0.1) is 10.2 Å². The van der Waals surface area contributed by atoms with Crippen molar-refractivity contribution >= 4 is 12.3 Å². The van der Waals surface area contributed by atoms with Crippen molar-refractivity contribution in [1.29, 1.82) is 5.26 Å². The molecular formula is C22H27N5O4. The highest BCUT2D eigenvalue weighted by molar-refractivity contribution is 5.74. The molecule has 3 heterocycles. The number of anilines is 1. The van der Waals surface area contributed by atoms with E-state index in [-0.39, 0.29) is 12.2 Å². The fraction of sp³-hybridized carbons (Fsp3) is 0.455. The van der Waals surface area contributed by atoms with Crippen LogP contribution in [-0.2, 0) is 4.79 Å². The Bertz CT molecular complexity index is 952. The molecule has 2 aromatic rings. The van der Waals surface area contributed by atoms with Gasteiger partial charge >= 0.3 is 0 Å². The fourth-order valence-electron chi connectivity index (χ4n) is 4.25. The summed E-state index contributed by atoms with van der Waals surface area (Å²) in [6, 6.07) is 7.52. The maximum Gasteiger partial charge on any atom is 0.290 e. The van der Waals surface area contributed by atoms with E-state index >= 15 is 0 Å². The first kappa shape index (κ1) is 22.3. The minimum atomic E-state index is -0.250. The number of phenolic OH excluding ortho intramolecular Hbond substituents is 1. The molecule has 1 atom stereocenters. The van der Waals surface area contributed by atoms with Gasteiger partial charge in [0.05, 0.1) is 18.2 Å². The highest BCUT2D eigenvalue weighted by atomic mass is 16.5. The summed E-state index contributed by atoms with van der Waals surface area (Å²) in [6.07, 6.45) is 2.34. The predicted molar refractivity (Wildman–Crippen MR) is 115 cm³/mol. The predicted octanol–water partition coefficient (Wildman–Crippen LogP) is 2.41. The highest BCUT2D eigenvalue weighted by Crippen LogP contribution is 2.38. The lowest BCUT2D eigenvalue weighted by molar-refractivity contribution is -0.122. The standard InChI is InChI=1S/C21H25N5O2.CH2O2/c1-3-25-6-4-5-16(13-25)26-7-8-28-19-11-17(23-24-21(19)26)20-14(2)9-15(12-22)10-18(20)27;2-1-3/h9-11,16,27H,3-8,13H2,1-2H3;1H,(H,2,3)/t16-;/m1./s1. The number of ether oxygens (including phenoxy) is 1. The molecule has 0 aliphatic carbocycles. The number of hydrogen-bond donors (Lipinski definition) is 2. The number of benzene rings is 1. The number of phenols is 1.